The van der Waals surface area contributed by atoms with E-state index < -0.39 is 0 Å². The number of nitrogens with one attached hydrogen (secondary N) is 1. The fourth-order valence-electron chi connectivity index (χ4n) is 1.02. The molecule has 0 aliphatic carbocycles. The Morgan fingerprint density at radius 3 is 2.93 bits per heavy atom. The molecule has 1 aromatic carbocycles. The zero-order valence-electron chi connectivity index (χ0n) is 7.79. The first-order chi connectivity index (χ1) is 6.65. The van der Waals surface area contributed by atoms with Gasteiger partial charge in [0.1, 0.15) is 5.75 Å². The molecule has 4 heteroatoms. The number of phenols is 1. The molecule has 0 bridgehead atoms. The lowest BCUT2D eigenvalue weighted by Gasteiger charge is -2.09. The second-order valence-corrected chi connectivity index (χ2v) is 3.38. The second kappa shape index (κ2) is 4.85. The number of hydrogen-bond donors (Lipinski definition) is 2. The summed E-state index contributed by atoms with van der Waals surface area (Å²) in [7, 11) is 0. The molecular weight excluding hydrogens is 200 g/mol. The molecule has 0 spiro atoms. The highest BCUT2D eigenvalue weighted by Gasteiger charge is 2.06. The van der Waals surface area contributed by atoms with Crippen molar-refractivity contribution in [3.8, 4) is 11.8 Å². The van der Waals surface area contributed by atoms with Crippen molar-refractivity contribution in [1.82, 2.24) is 5.32 Å². The molecule has 0 amide bonds. The molecule has 0 aliphatic rings. The molecule has 0 saturated heterocycles. The van der Waals surface area contributed by atoms with Gasteiger partial charge in [-0.2, -0.15) is 5.26 Å². The predicted molar refractivity (Wildman–Crippen MR) is 55.0 cm³/mol. The van der Waals surface area contributed by atoms with Crippen LogP contribution in [0.15, 0.2) is 18.2 Å². The van der Waals surface area contributed by atoms with Gasteiger partial charge in [-0.3, -0.25) is 5.32 Å². The third kappa shape index (κ3) is 2.63. The van der Waals surface area contributed by atoms with Crippen LogP contribution in [-0.4, -0.2) is 11.1 Å². The number of phenolic OH excluding ortho intramolecular Hbond substituents is 1. The first-order valence-corrected chi connectivity index (χ1v) is 4.62. The van der Waals surface area contributed by atoms with Crippen molar-refractivity contribution in [3.05, 3.63) is 28.8 Å². The number of nitriles is 1. The minimum Gasteiger partial charge on any atom is -0.508 e. The number of nitrogens with zero attached hydrogens (tertiary/aromatic N) is 1. The van der Waals surface area contributed by atoms with E-state index in [4.69, 9.17) is 16.9 Å². The Kier molecular flexibility index (Phi) is 3.75. The minimum absolute atomic E-state index is 0.148. The van der Waals surface area contributed by atoms with Gasteiger partial charge in [0.05, 0.1) is 12.1 Å². The van der Waals surface area contributed by atoms with Crippen LogP contribution in [0.5, 0.6) is 5.75 Å². The summed E-state index contributed by atoms with van der Waals surface area (Å²) in [5.41, 5.74) is 0.622. The van der Waals surface area contributed by atoms with Crippen LogP contribution in [0.3, 0.4) is 0 Å². The smallest absolute Gasteiger partial charge is 0.121 e. The summed E-state index contributed by atoms with van der Waals surface area (Å²) in [4.78, 5) is 0. The predicted octanol–water partition coefficient (Wildman–Crippen LogP) is 2.05. The van der Waals surface area contributed by atoms with E-state index in [1.807, 2.05) is 6.07 Å². The van der Waals surface area contributed by atoms with E-state index in [0.717, 1.165) is 0 Å². The van der Waals surface area contributed by atoms with Gasteiger partial charge in [0.2, 0.25) is 0 Å². The van der Waals surface area contributed by atoms with Crippen LogP contribution >= 0.6 is 11.6 Å². The Labute approximate surface area is 87.9 Å². The van der Waals surface area contributed by atoms with Gasteiger partial charge >= 0.3 is 0 Å². The van der Waals surface area contributed by atoms with Crippen molar-refractivity contribution in [2.45, 2.75) is 19.5 Å². The highest BCUT2D eigenvalue weighted by atomic mass is 35.5. The van der Waals surface area contributed by atoms with E-state index in [1.54, 1.807) is 25.1 Å². The minimum atomic E-state index is -0.259. The first kappa shape index (κ1) is 10.8. The summed E-state index contributed by atoms with van der Waals surface area (Å²) >= 11 is 5.87. The normalized spacial score (nSPS) is 12.1. The van der Waals surface area contributed by atoms with E-state index in [0.29, 0.717) is 17.1 Å². The quantitative estimate of drug-likeness (QED) is 0.803. The third-order valence-electron chi connectivity index (χ3n) is 1.87. The van der Waals surface area contributed by atoms with Crippen LogP contribution in [0.4, 0.5) is 0 Å². The van der Waals surface area contributed by atoms with Crippen LogP contribution in [0.25, 0.3) is 0 Å². The summed E-state index contributed by atoms with van der Waals surface area (Å²) < 4.78 is 0. The molecule has 0 aromatic heterocycles. The van der Waals surface area contributed by atoms with Gasteiger partial charge in [-0.1, -0.05) is 17.7 Å². The molecule has 1 rings (SSSR count). The number of aromatic hydroxyl groups is 1. The van der Waals surface area contributed by atoms with E-state index in [2.05, 4.69) is 5.32 Å². The molecule has 0 aliphatic heterocycles. The van der Waals surface area contributed by atoms with Crippen molar-refractivity contribution < 1.29 is 5.11 Å². The SMILES string of the molecule is CC(C#N)NCc1c(O)cccc1Cl. The standard InChI is InChI=1S/C10H11ClN2O/c1-7(5-12)13-6-8-9(11)3-2-4-10(8)14/h2-4,7,13-14H,6H2,1H3. The molecule has 1 unspecified atom stereocenters. The summed E-state index contributed by atoms with van der Waals surface area (Å²) in [6, 6.07) is 6.73. The Morgan fingerprint density at radius 2 is 2.36 bits per heavy atom. The molecule has 0 radical (unpaired) electrons. The van der Waals surface area contributed by atoms with Gasteiger partial charge in [0, 0.05) is 17.1 Å². The zero-order valence-corrected chi connectivity index (χ0v) is 8.54. The van der Waals surface area contributed by atoms with E-state index >= 15 is 0 Å². The Morgan fingerprint density at radius 1 is 1.64 bits per heavy atom. The Hall–Kier alpha value is -1.24. The number of halogens is 1. The maximum Gasteiger partial charge on any atom is 0.121 e. The van der Waals surface area contributed by atoms with Crippen LogP contribution in [0, 0.1) is 11.3 Å². The van der Waals surface area contributed by atoms with Gasteiger partial charge in [-0.05, 0) is 19.1 Å². The highest BCUT2D eigenvalue weighted by Crippen LogP contribution is 2.24. The summed E-state index contributed by atoms with van der Waals surface area (Å²) in [5.74, 6) is 0.148. The van der Waals surface area contributed by atoms with Crippen molar-refractivity contribution in [2.75, 3.05) is 0 Å². The lowest BCUT2D eigenvalue weighted by molar-refractivity contribution is 0.463. The van der Waals surface area contributed by atoms with E-state index in [1.165, 1.54) is 0 Å². The third-order valence-corrected chi connectivity index (χ3v) is 2.23. The fraction of sp³-hybridized carbons (Fsp3) is 0.300. The highest BCUT2D eigenvalue weighted by molar-refractivity contribution is 6.31. The van der Waals surface area contributed by atoms with E-state index in [-0.39, 0.29) is 11.8 Å². The summed E-state index contributed by atoms with van der Waals surface area (Å²) in [5, 5.41) is 21.4. The van der Waals surface area contributed by atoms with Crippen LogP contribution in [0.2, 0.25) is 5.02 Å². The van der Waals surface area contributed by atoms with Gasteiger partial charge in [-0.25, -0.2) is 0 Å². The fourth-order valence-corrected chi connectivity index (χ4v) is 1.26. The summed E-state index contributed by atoms with van der Waals surface area (Å²) in [6.07, 6.45) is 0. The topological polar surface area (TPSA) is 56.0 Å². The van der Waals surface area contributed by atoms with Gasteiger partial charge in [-0.15, -0.1) is 0 Å². The Bertz CT molecular complexity index is 339. The molecule has 1 atom stereocenters. The Balaban J connectivity index is 2.72. The first-order valence-electron chi connectivity index (χ1n) is 4.24. The van der Waals surface area contributed by atoms with Crippen molar-refractivity contribution in [2.24, 2.45) is 0 Å². The zero-order chi connectivity index (χ0) is 10.6. The van der Waals surface area contributed by atoms with Crippen LogP contribution in [-0.2, 0) is 6.54 Å². The molecule has 74 valence electrons. The van der Waals surface area contributed by atoms with E-state index in [9.17, 15) is 5.11 Å². The average molecular weight is 211 g/mol. The summed E-state index contributed by atoms with van der Waals surface area (Å²) in [6.45, 7) is 2.13. The largest absolute Gasteiger partial charge is 0.508 e. The van der Waals surface area contributed by atoms with Gasteiger partial charge in [0.25, 0.3) is 0 Å². The molecule has 3 nitrogen and oxygen atoms in total. The number of benzene rings is 1. The monoisotopic (exact) mass is 210 g/mol. The van der Waals surface area contributed by atoms with Crippen LogP contribution < -0.4 is 5.32 Å². The molecular formula is C10H11ClN2O. The number of hydrogen-bond acceptors (Lipinski definition) is 3. The van der Waals surface area contributed by atoms with Crippen molar-refractivity contribution in [3.63, 3.8) is 0 Å². The molecule has 14 heavy (non-hydrogen) atoms. The van der Waals surface area contributed by atoms with Crippen molar-refractivity contribution >= 4 is 11.6 Å². The maximum atomic E-state index is 9.47. The molecule has 1 aromatic rings. The molecule has 0 saturated carbocycles. The number of rotatable bonds is 3. The molecule has 2 N–H and O–H groups in total. The average Bonchev–Trinajstić information content (AvgIpc) is 2.16. The lowest BCUT2D eigenvalue weighted by atomic mass is 10.2. The maximum absolute atomic E-state index is 9.47. The lowest BCUT2D eigenvalue weighted by Crippen LogP contribution is -2.23. The van der Waals surface area contributed by atoms with Crippen molar-refractivity contribution in [1.29, 1.82) is 5.26 Å². The van der Waals surface area contributed by atoms with Gasteiger partial charge in [0.15, 0.2) is 0 Å². The van der Waals surface area contributed by atoms with Crippen LogP contribution in [0.1, 0.15) is 12.5 Å². The molecule has 0 fully saturated rings. The second-order valence-electron chi connectivity index (χ2n) is 2.97. The van der Waals surface area contributed by atoms with Gasteiger partial charge < -0.3 is 5.11 Å². The molecule has 0 heterocycles.